The van der Waals surface area contributed by atoms with Gasteiger partial charge in [0.2, 0.25) is 0 Å². The summed E-state index contributed by atoms with van der Waals surface area (Å²) in [5.41, 5.74) is 1.36. The van der Waals surface area contributed by atoms with Gasteiger partial charge in [0, 0.05) is 23.6 Å². The van der Waals surface area contributed by atoms with Crippen LogP contribution in [-0.2, 0) is 11.3 Å². The Morgan fingerprint density at radius 1 is 1.33 bits per heavy atom. The van der Waals surface area contributed by atoms with Crippen molar-refractivity contribution in [1.29, 1.82) is 0 Å². The van der Waals surface area contributed by atoms with Crippen LogP contribution in [0, 0.1) is 0 Å². The van der Waals surface area contributed by atoms with E-state index in [9.17, 15) is 4.79 Å². The highest BCUT2D eigenvalue weighted by molar-refractivity contribution is 7.98. The molecule has 0 atom stereocenters. The van der Waals surface area contributed by atoms with E-state index in [2.05, 4.69) is 9.97 Å². The molecular weight excluding hydrogens is 248 g/mol. The number of hydrogen-bond acceptors (Lipinski definition) is 4. The molecule has 0 unspecified atom stereocenters. The first kappa shape index (κ1) is 12.9. The fraction of sp³-hybridized carbons (Fsp3) is 0.231. The Morgan fingerprint density at radius 3 is 2.67 bits per heavy atom. The van der Waals surface area contributed by atoms with Crippen LogP contribution < -0.4 is 5.56 Å². The standard InChI is InChI=1S/C13H14N2O2S/c1-17-8-10-7-12(16)15-13(14-10)9-3-5-11(18-2)6-4-9/h3-7H,8H2,1-2H3,(H,14,15,16). The molecule has 2 aromatic rings. The summed E-state index contributed by atoms with van der Waals surface area (Å²) in [4.78, 5) is 19.8. The van der Waals surface area contributed by atoms with E-state index in [4.69, 9.17) is 4.74 Å². The molecule has 1 heterocycles. The topological polar surface area (TPSA) is 55.0 Å². The minimum Gasteiger partial charge on any atom is -0.378 e. The molecule has 4 nitrogen and oxygen atoms in total. The van der Waals surface area contributed by atoms with Crippen molar-refractivity contribution in [2.75, 3.05) is 13.4 Å². The second kappa shape index (κ2) is 5.84. The lowest BCUT2D eigenvalue weighted by molar-refractivity contribution is 0.181. The van der Waals surface area contributed by atoms with Gasteiger partial charge in [0.05, 0.1) is 12.3 Å². The average molecular weight is 262 g/mol. The lowest BCUT2D eigenvalue weighted by Crippen LogP contribution is -2.10. The molecule has 0 fully saturated rings. The smallest absolute Gasteiger partial charge is 0.251 e. The van der Waals surface area contributed by atoms with Crippen molar-refractivity contribution in [3.8, 4) is 11.4 Å². The molecular formula is C13H14N2O2S. The summed E-state index contributed by atoms with van der Waals surface area (Å²) < 4.78 is 4.99. The molecule has 1 aromatic carbocycles. The van der Waals surface area contributed by atoms with Gasteiger partial charge in [-0.2, -0.15) is 0 Å². The van der Waals surface area contributed by atoms with Crippen LogP contribution in [0.1, 0.15) is 5.69 Å². The van der Waals surface area contributed by atoms with Crippen molar-refractivity contribution >= 4 is 11.8 Å². The molecule has 94 valence electrons. The molecule has 0 saturated heterocycles. The van der Waals surface area contributed by atoms with Crippen LogP contribution in [-0.4, -0.2) is 23.3 Å². The zero-order chi connectivity index (χ0) is 13.0. The summed E-state index contributed by atoms with van der Waals surface area (Å²) in [6.45, 7) is 0.333. The van der Waals surface area contributed by atoms with Gasteiger partial charge in [-0.05, 0) is 18.4 Å². The molecule has 0 amide bonds. The number of nitrogens with zero attached hydrogens (tertiary/aromatic N) is 1. The van der Waals surface area contributed by atoms with Gasteiger partial charge in [-0.1, -0.05) is 12.1 Å². The van der Waals surface area contributed by atoms with Gasteiger partial charge >= 0.3 is 0 Å². The van der Waals surface area contributed by atoms with Crippen LogP contribution in [0.4, 0.5) is 0 Å². The van der Waals surface area contributed by atoms with Crippen molar-refractivity contribution in [1.82, 2.24) is 9.97 Å². The predicted molar refractivity (Wildman–Crippen MR) is 72.8 cm³/mol. The Balaban J connectivity index is 2.39. The molecule has 2 rings (SSSR count). The van der Waals surface area contributed by atoms with E-state index in [1.165, 1.54) is 11.0 Å². The third kappa shape index (κ3) is 3.00. The Morgan fingerprint density at radius 2 is 2.06 bits per heavy atom. The molecule has 0 bridgehead atoms. The van der Waals surface area contributed by atoms with Crippen LogP contribution >= 0.6 is 11.8 Å². The van der Waals surface area contributed by atoms with E-state index < -0.39 is 0 Å². The maximum Gasteiger partial charge on any atom is 0.251 e. The zero-order valence-electron chi connectivity index (χ0n) is 10.3. The van der Waals surface area contributed by atoms with Crippen molar-refractivity contribution in [3.05, 3.63) is 46.4 Å². The van der Waals surface area contributed by atoms with E-state index in [-0.39, 0.29) is 5.56 Å². The molecule has 0 radical (unpaired) electrons. The number of rotatable bonds is 4. The molecule has 0 saturated carbocycles. The number of H-pyrrole nitrogens is 1. The number of hydrogen-bond donors (Lipinski definition) is 1. The highest BCUT2D eigenvalue weighted by Crippen LogP contribution is 2.19. The molecule has 18 heavy (non-hydrogen) atoms. The fourth-order valence-electron chi connectivity index (χ4n) is 1.62. The second-order valence-electron chi connectivity index (χ2n) is 3.75. The number of thioether (sulfide) groups is 1. The van der Waals surface area contributed by atoms with Gasteiger partial charge in [0.15, 0.2) is 0 Å². The van der Waals surface area contributed by atoms with E-state index in [1.807, 2.05) is 30.5 Å². The predicted octanol–water partition coefficient (Wildman–Crippen LogP) is 2.31. The van der Waals surface area contributed by atoms with Crippen LogP contribution in [0.2, 0.25) is 0 Å². The quantitative estimate of drug-likeness (QED) is 0.859. The lowest BCUT2D eigenvalue weighted by Gasteiger charge is -2.04. The van der Waals surface area contributed by atoms with Crippen molar-refractivity contribution in [3.63, 3.8) is 0 Å². The van der Waals surface area contributed by atoms with Gasteiger partial charge in [-0.25, -0.2) is 4.98 Å². The Bertz CT molecular complexity index is 578. The van der Waals surface area contributed by atoms with Crippen molar-refractivity contribution in [2.24, 2.45) is 0 Å². The maximum absolute atomic E-state index is 11.5. The average Bonchev–Trinajstić information content (AvgIpc) is 2.38. The maximum atomic E-state index is 11.5. The number of ether oxygens (including phenoxy) is 1. The SMILES string of the molecule is COCc1cc(=O)[nH]c(-c2ccc(SC)cc2)n1. The van der Waals surface area contributed by atoms with Gasteiger partial charge in [-0.3, -0.25) is 4.79 Å². The Kier molecular flexibility index (Phi) is 4.17. The summed E-state index contributed by atoms with van der Waals surface area (Å²) in [5, 5.41) is 0. The molecule has 1 N–H and O–H groups in total. The first-order valence-electron chi connectivity index (χ1n) is 5.46. The molecule has 0 spiro atoms. The highest BCUT2D eigenvalue weighted by Gasteiger charge is 2.04. The number of aromatic nitrogens is 2. The first-order valence-corrected chi connectivity index (χ1v) is 6.69. The molecule has 0 aliphatic carbocycles. The zero-order valence-corrected chi connectivity index (χ0v) is 11.1. The lowest BCUT2D eigenvalue weighted by atomic mass is 10.2. The van der Waals surface area contributed by atoms with Crippen molar-refractivity contribution in [2.45, 2.75) is 11.5 Å². The third-order valence-electron chi connectivity index (χ3n) is 2.45. The third-order valence-corrected chi connectivity index (χ3v) is 3.19. The normalized spacial score (nSPS) is 10.6. The summed E-state index contributed by atoms with van der Waals surface area (Å²) in [6.07, 6.45) is 2.02. The van der Waals surface area contributed by atoms with Gasteiger partial charge in [0.1, 0.15) is 5.82 Å². The molecule has 0 aliphatic heterocycles. The van der Waals surface area contributed by atoms with Crippen LogP contribution in [0.3, 0.4) is 0 Å². The van der Waals surface area contributed by atoms with Crippen molar-refractivity contribution < 1.29 is 4.74 Å². The molecule has 1 aromatic heterocycles. The van der Waals surface area contributed by atoms with E-state index in [1.54, 1.807) is 18.9 Å². The largest absolute Gasteiger partial charge is 0.378 e. The second-order valence-corrected chi connectivity index (χ2v) is 4.63. The fourth-order valence-corrected chi connectivity index (χ4v) is 2.02. The summed E-state index contributed by atoms with van der Waals surface area (Å²) in [5.74, 6) is 0.571. The van der Waals surface area contributed by atoms with Crippen LogP contribution in [0.15, 0.2) is 40.0 Å². The molecule has 0 aliphatic rings. The number of benzene rings is 1. The van der Waals surface area contributed by atoms with E-state index in [0.29, 0.717) is 18.1 Å². The Hall–Kier alpha value is -1.59. The highest BCUT2D eigenvalue weighted by atomic mass is 32.2. The summed E-state index contributed by atoms with van der Waals surface area (Å²) in [6, 6.07) is 9.34. The number of aromatic amines is 1. The number of nitrogens with one attached hydrogen (secondary N) is 1. The minimum atomic E-state index is -0.166. The van der Waals surface area contributed by atoms with E-state index >= 15 is 0 Å². The van der Waals surface area contributed by atoms with E-state index in [0.717, 1.165) is 5.56 Å². The first-order chi connectivity index (χ1) is 8.72. The number of methoxy groups -OCH3 is 1. The monoisotopic (exact) mass is 262 g/mol. The minimum absolute atomic E-state index is 0.166. The van der Waals surface area contributed by atoms with Gasteiger partial charge in [0.25, 0.3) is 5.56 Å². The van der Waals surface area contributed by atoms with Gasteiger partial charge < -0.3 is 9.72 Å². The van der Waals surface area contributed by atoms with Gasteiger partial charge in [-0.15, -0.1) is 11.8 Å². The summed E-state index contributed by atoms with van der Waals surface area (Å²) in [7, 11) is 1.58. The van der Waals surface area contributed by atoms with Crippen LogP contribution in [0.5, 0.6) is 0 Å². The summed E-state index contributed by atoms with van der Waals surface area (Å²) >= 11 is 1.67. The van der Waals surface area contributed by atoms with Crippen LogP contribution in [0.25, 0.3) is 11.4 Å². The molecule has 5 heteroatoms. The Labute approximate surface area is 109 Å².